The lowest BCUT2D eigenvalue weighted by Gasteiger charge is -2.16. The molecule has 3 amide bonds. The summed E-state index contributed by atoms with van der Waals surface area (Å²) >= 11 is 7.42. The Morgan fingerprint density at radius 1 is 1.33 bits per heavy atom. The van der Waals surface area contributed by atoms with Crippen molar-refractivity contribution in [1.82, 2.24) is 10.6 Å². The molecule has 1 aromatic rings. The third-order valence-electron chi connectivity index (χ3n) is 2.87. The van der Waals surface area contributed by atoms with Gasteiger partial charge in [-0.25, -0.2) is 4.79 Å². The molecule has 4 N–H and O–H groups in total. The Kier molecular flexibility index (Phi) is 8.00. The van der Waals surface area contributed by atoms with Crippen LogP contribution in [0.1, 0.15) is 12.0 Å². The van der Waals surface area contributed by atoms with Crippen LogP contribution in [0, 0.1) is 0 Å². The molecule has 0 aliphatic heterocycles. The van der Waals surface area contributed by atoms with Crippen molar-refractivity contribution in [2.24, 2.45) is 5.73 Å². The molecule has 0 aromatic heterocycles. The lowest BCUT2D eigenvalue weighted by Crippen LogP contribution is -2.49. The van der Waals surface area contributed by atoms with Gasteiger partial charge in [-0.15, -0.1) is 0 Å². The van der Waals surface area contributed by atoms with E-state index in [-0.39, 0.29) is 5.91 Å². The number of nitrogens with two attached hydrogens (primary N) is 1. The molecule has 0 fully saturated rings. The summed E-state index contributed by atoms with van der Waals surface area (Å²) in [5.74, 6) is 0.562. The molecule has 0 spiro atoms. The van der Waals surface area contributed by atoms with Gasteiger partial charge in [0.05, 0.1) is 0 Å². The van der Waals surface area contributed by atoms with E-state index in [2.05, 4.69) is 10.6 Å². The first-order valence-electron chi connectivity index (χ1n) is 6.60. The lowest BCUT2D eigenvalue weighted by atomic mass is 10.1. The minimum atomic E-state index is -0.686. The number of carbonyl (C=O) groups is 2. The summed E-state index contributed by atoms with van der Waals surface area (Å²) in [5.41, 5.74) is 6.17. The number of amides is 3. The van der Waals surface area contributed by atoms with Crippen LogP contribution in [0.2, 0.25) is 5.02 Å². The van der Waals surface area contributed by atoms with Crippen molar-refractivity contribution in [2.75, 3.05) is 18.6 Å². The molecule has 21 heavy (non-hydrogen) atoms. The van der Waals surface area contributed by atoms with Crippen LogP contribution in [0.3, 0.4) is 0 Å². The first-order valence-corrected chi connectivity index (χ1v) is 8.37. The van der Waals surface area contributed by atoms with Crippen LogP contribution in [-0.4, -0.2) is 36.5 Å². The highest BCUT2D eigenvalue weighted by Gasteiger charge is 2.18. The molecule has 0 unspecified atom stereocenters. The molecular formula is C14H20ClN3O2S. The van der Waals surface area contributed by atoms with E-state index in [1.165, 1.54) is 0 Å². The molecule has 0 radical (unpaired) electrons. The van der Waals surface area contributed by atoms with Crippen LogP contribution >= 0.6 is 23.4 Å². The second-order valence-corrected chi connectivity index (χ2v) is 5.93. The van der Waals surface area contributed by atoms with Gasteiger partial charge in [-0.3, -0.25) is 4.79 Å². The van der Waals surface area contributed by atoms with Crippen LogP contribution in [-0.2, 0) is 11.2 Å². The van der Waals surface area contributed by atoms with Gasteiger partial charge in [-0.1, -0.05) is 23.7 Å². The predicted octanol–water partition coefficient (Wildman–Crippen LogP) is 1.79. The third-order valence-corrected chi connectivity index (χ3v) is 3.77. The van der Waals surface area contributed by atoms with Gasteiger partial charge in [0.25, 0.3) is 0 Å². The van der Waals surface area contributed by atoms with Crippen LogP contribution in [0.15, 0.2) is 24.3 Å². The molecule has 0 saturated heterocycles. The monoisotopic (exact) mass is 329 g/mol. The van der Waals surface area contributed by atoms with Crippen LogP contribution < -0.4 is 16.4 Å². The van der Waals surface area contributed by atoms with E-state index in [1.807, 2.05) is 30.5 Å². The Labute approximate surface area is 134 Å². The van der Waals surface area contributed by atoms with E-state index in [9.17, 15) is 9.59 Å². The normalized spacial score (nSPS) is 11.7. The van der Waals surface area contributed by atoms with Gasteiger partial charge < -0.3 is 16.4 Å². The van der Waals surface area contributed by atoms with E-state index in [0.29, 0.717) is 24.4 Å². The number of benzene rings is 1. The number of rotatable bonds is 8. The van der Waals surface area contributed by atoms with Crippen LogP contribution in [0.25, 0.3) is 0 Å². The van der Waals surface area contributed by atoms with Crippen LogP contribution in [0.5, 0.6) is 0 Å². The lowest BCUT2D eigenvalue weighted by molar-refractivity contribution is -0.122. The predicted molar refractivity (Wildman–Crippen MR) is 87.7 cm³/mol. The second kappa shape index (κ2) is 9.52. The minimum Gasteiger partial charge on any atom is -0.354 e. The summed E-state index contributed by atoms with van der Waals surface area (Å²) in [5, 5.41) is 5.96. The van der Waals surface area contributed by atoms with Crippen molar-refractivity contribution < 1.29 is 9.59 Å². The maximum absolute atomic E-state index is 12.0. The molecule has 1 aromatic carbocycles. The number of hydrogen-bond donors (Lipinski definition) is 3. The fourth-order valence-corrected chi connectivity index (χ4v) is 2.38. The first kappa shape index (κ1) is 17.7. The molecule has 0 saturated carbocycles. The van der Waals surface area contributed by atoms with Gasteiger partial charge in [0, 0.05) is 11.6 Å². The SMILES string of the molecule is CSCC[C@@H](NC(N)=O)C(=O)NCCc1ccc(Cl)cc1. The number of halogens is 1. The summed E-state index contributed by atoms with van der Waals surface area (Å²) in [6.45, 7) is 0.497. The van der Waals surface area contributed by atoms with Crippen molar-refractivity contribution in [2.45, 2.75) is 18.9 Å². The van der Waals surface area contributed by atoms with Crippen molar-refractivity contribution in [3.63, 3.8) is 0 Å². The zero-order chi connectivity index (χ0) is 15.7. The van der Waals surface area contributed by atoms with Crippen molar-refractivity contribution in [1.29, 1.82) is 0 Å². The Hall–Kier alpha value is -1.40. The fourth-order valence-electron chi connectivity index (χ4n) is 1.78. The van der Waals surface area contributed by atoms with Gasteiger partial charge in [-0.05, 0) is 42.5 Å². The van der Waals surface area contributed by atoms with Crippen LogP contribution in [0.4, 0.5) is 4.79 Å². The molecule has 1 rings (SSSR count). The Morgan fingerprint density at radius 2 is 2.00 bits per heavy atom. The van der Waals surface area contributed by atoms with Crippen molar-refractivity contribution in [3.8, 4) is 0 Å². The van der Waals surface area contributed by atoms with E-state index in [4.69, 9.17) is 17.3 Å². The highest BCUT2D eigenvalue weighted by atomic mass is 35.5. The fraction of sp³-hybridized carbons (Fsp3) is 0.429. The molecule has 116 valence electrons. The molecule has 5 nitrogen and oxygen atoms in total. The summed E-state index contributed by atoms with van der Waals surface area (Å²) in [6.07, 6.45) is 3.20. The summed E-state index contributed by atoms with van der Waals surface area (Å²) < 4.78 is 0. The van der Waals surface area contributed by atoms with Crippen molar-refractivity contribution >= 4 is 35.3 Å². The number of carbonyl (C=O) groups excluding carboxylic acids is 2. The van der Waals surface area contributed by atoms with E-state index in [1.54, 1.807) is 11.8 Å². The number of nitrogens with one attached hydrogen (secondary N) is 2. The summed E-state index contributed by atoms with van der Waals surface area (Å²) in [6, 6.07) is 6.19. The molecule has 0 aliphatic rings. The quantitative estimate of drug-likeness (QED) is 0.680. The molecule has 7 heteroatoms. The van der Waals surface area contributed by atoms with Gasteiger partial charge >= 0.3 is 6.03 Å². The Bertz CT molecular complexity index is 468. The molecule has 0 aliphatic carbocycles. The number of hydrogen-bond acceptors (Lipinski definition) is 3. The average molecular weight is 330 g/mol. The van der Waals surface area contributed by atoms with Gasteiger partial charge in [0.2, 0.25) is 5.91 Å². The second-order valence-electron chi connectivity index (χ2n) is 4.51. The van der Waals surface area contributed by atoms with E-state index in [0.717, 1.165) is 11.3 Å². The molecule has 0 heterocycles. The van der Waals surface area contributed by atoms with Gasteiger partial charge in [0.15, 0.2) is 0 Å². The summed E-state index contributed by atoms with van der Waals surface area (Å²) in [7, 11) is 0. The highest BCUT2D eigenvalue weighted by Crippen LogP contribution is 2.09. The first-order chi connectivity index (χ1) is 10.0. The highest BCUT2D eigenvalue weighted by molar-refractivity contribution is 7.98. The zero-order valence-corrected chi connectivity index (χ0v) is 13.5. The van der Waals surface area contributed by atoms with Gasteiger partial charge in [-0.2, -0.15) is 11.8 Å². The summed E-state index contributed by atoms with van der Waals surface area (Å²) in [4.78, 5) is 22.9. The minimum absolute atomic E-state index is 0.211. The number of thioether (sulfide) groups is 1. The Balaban J connectivity index is 2.41. The molecular weight excluding hydrogens is 310 g/mol. The maximum atomic E-state index is 12.0. The van der Waals surface area contributed by atoms with E-state index >= 15 is 0 Å². The molecule has 1 atom stereocenters. The molecule has 0 bridgehead atoms. The van der Waals surface area contributed by atoms with Crippen molar-refractivity contribution in [3.05, 3.63) is 34.9 Å². The number of primary amides is 1. The largest absolute Gasteiger partial charge is 0.354 e. The topological polar surface area (TPSA) is 84.2 Å². The standard InChI is InChI=1S/C14H20ClN3O2S/c1-21-9-7-12(18-14(16)20)13(19)17-8-6-10-2-4-11(15)5-3-10/h2-5,12H,6-9H2,1H3,(H,17,19)(H3,16,18,20)/t12-/m1/s1. The maximum Gasteiger partial charge on any atom is 0.312 e. The Morgan fingerprint density at radius 3 is 2.57 bits per heavy atom. The number of urea groups is 1. The van der Waals surface area contributed by atoms with E-state index < -0.39 is 12.1 Å². The smallest absolute Gasteiger partial charge is 0.312 e. The zero-order valence-electron chi connectivity index (χ0n) is 11.9. The average Bonchev–Trinajstić information content (AvgIpc) is 2.45. The third kappa shape index (κ3) is 7.24. The van der Waals surface area contributed by atoms with Gasteiger partial charge in [0.1, 0.15) is 6.04 Å².